The van der Waals surface area contributed by atoms with Crippen LogP contribution in [0.3, 0.4) is 0 Å². The molecule has 3 rings (SSSR count). The Kier molecular flexibility index (Phi) is 1.10. The maximum Gasteiger partial charge on any atom is 0.0473 e. The summed E-state index contributed by atoms with van der Waals surface area (Å²) in [6.45, 7) is 0. The minimum atomic E-state index is 0.403. The van der Waals surface area contributed by atoms with Crippen molar-refractivity contribution in [1.29, 1.82) is 0 Å². The van der Waals surface area contributed by atoms with E-state index < -0.39 is 0 Å². The minimum absolute atomic E-state index is 0.403. The molecule has 3 aliphatic rings. The second-order valence-corrected chi connectivity index (χ2v) is 4.44. The zero-order chi connectivity index (χ0) is 7.42. The third kappa shape index (κ3) is 0.888. The Bertz CT molecular complexity index is 217. The predicted molar refractivity (Wildman–Crippen MR) is 46.5 cm³/mol. The van der Waals surface area contributed by atoms with Gasteiger partial charge in [-0.15, -0.1) is 11.6 Å². The lowest BCUT2D eigenvalue weighted by molar-refractivity contribution is 0.907. The summed E-state index contributed by atoms with van der Waals surface area (Å²) < 4.78 is 0. The molecule has 0 heterocycles. The molecule has 0 radical (unpaired) electrons. The Labute approximate surface area is 71.9 Å². The molecule has 58 valence electrons. The van der Waals surface area contributed by atoms with Gasteiger partial charge in [-0.25, -0.2) is 0 Å². The van der Waals surface area contributed by atoms with E-state index in [4.69, 9.17) is 11.6 Å². The molecule has 2 saturated carbocycles. The van der Waals surface area contributed by atoms with Crippen molar-refractivity contribution in [3.63, 3.8) is 0 Å². The Morgan fingerprint density at radius 3 is 2.00 bits per heavy atom. The van der Waals surface area contributed by atoms with Crippen molar-refractivity contribution >= 4 is 11.6 Å². The summed E-state index contributed by atoms with van der Waals surface area (Å²) in [6.07, 6.45) is 10.8. The van der Waals surface area contributed by atoms with Gasteiger partial charge < -0.3 is 0 Å². The first-order valence-corrected chi connectivity index (χ1v) is 4.80. The van der Waals surface area contributed by atoms with Crippen molar-refractivity contribution < 1.29 is 0 Å². The van der Waals surface area contributed by atoms with E-state index in [0.717, 1.165) is 11.8 Å². The van der Waals surface area contributed by atoms with Crippen LogP contribution in [0.15, 0.2) is 24.3 Å². The Balaban J connectivity index is 1.87. The summed E-state index contributed by atoms with van der Waals surface area (Å²) in [7, 11) is 0. The fourth-order valence-electron chi connectivity index (χ4n) is 2.01. The maximum absolute atomic E-state index is 6.06. The van der Waals surface area contributed by atoms with Gasteiger partial charge in [0.1, 0.15) is 0 Å². The largest absolute Gasteiger partial charge is 0.122 e. The van der Waals surface area contributed by atoms with E-state index in [9.17, 15) is 0 Å². The molecule has 0 N–H and O–H groups in total. The van der Waals surface area contributed by atoms with Crippen LogP contribution in [0.1, 0.15) is 6.42 Å². The highest BCUT2D eigenvalue weighted by Gasteiger charge is 2.47. The quantitative estimate of drug-likeness (QED) is 0.383. The van der Waals surface area contributed by atoms with E-state index in [1.54, 1.807) is 0 Å². The van der Waals surface area contributed by atoms with Gasteiger partial charge in [0.05, 0.1) is 0 Å². The van der Waals surface area contributed by atoms with Gasteiger partial charge in [0.25, 0.3) is 0 Å². The minimum Gasteiger partial charge on any atom is -0.122 e. The van der Waals surface area contributed by atoms with Gasteiger partial charge in [-0.1, -0.05) is 24.3 Å². The van der Waals surface area contributed by atoms with Gasteiger partial charge in [-0.2, -0.15) is 0 Å². The second-order valence-electron chi connectivity index (χ2n) is 3.93. The van der Waals surface area contributed by atoms with Gasteiger partial charge in [0.15, 0.2) is 0 Å². The van der Waals surface area contributed by atoms with E-state index in [-0.39, 0.29) is 0 Å². The van der Waals surface area contributed by atoms with Crippen molar-refractivity contribution in [2.24, 2.45) is 23.7 Å². The third-order valence-electron chi connectivity index (χ3n) is 3.09. The number of allylic oxidation sites excluding steroid dienone is 4. The van der Waals surface area contributed by atoms with E-state index in [1.165, 1.54) is 6.42 Å². The Morgan fingerprint density at radius 2 is 1.45 bits per heavy atom. The number of alkyl halides is 1. The van der Waals surface area contributed by atoms with E-state index in [0.29, 0.717) is 17.2 Å². The molecule has 0 bridgehead atoms. The number of fused-ring (bicyclic) bond motifs is 2. The van der Waals surface area contributed by atoms with E-state index in [1.807, 2.05) is 0 Å². The van der Waals surface area contributed by atoms with Crippen LogP contribution in [0.2, 0.25) is 0 Å². The first-order valence-electron chi connectivity index (χ1n) is 4.37. The summed E-state index contributed by atoms with van der Waals surface area (Å²) in [4.78, 5) is 0. The average Bonchev–Trinajstić information content (AvgIpc) is 2.77. The summed E-state index contributed by atoms with van der Waals surface area (Å²) in [6, 6.07) is 0. The number of rotatable bonds is 0. The van der Waals surface area contributed by atoms with Crippen LogP contribution in [0.25, 0.3) is 0 Å². The molecule has 0 aromatic carbocycles. The van der Waals surface area contributed by atoms with Crippen LogP contribution in [0, 0.1) is 23.7 Å². The lowest BCUT2D eigenvalue weighted by Crippen LogP contribution is -1.80. The normalized spacial score (nSPS) is 57.4. The topological polar surface area (TPSA) is 0 Å². The monoisotopic (exact) mass is 166 g/mol. The third-order valence-corrected chi connectivity index (χ3v) is 3.67. The molecule has 2 fully saturated rings. The molecule has 0 aromatic rings. The standard InChI is InChI=1S/C10H11Cl/c11-10-8-3-1-6-5-7(6)2-4-9(8)10/h1-4,6-10H,5H2/t6-,7+,8-,9+,10?. The van der Waals surface area contributed by atoms with Gasteiger partial charge >= 0.3 is 0 Å². The molecular formula is C10H11Cl. The average molecular weight is 167 g/mol. The van der Waals surface area contributed by atoms with Gasteiger partial charge in [-0.05, 0) is 18.3 Å². The van der Waals surface area contributed by atoms with Gasteiger partial charge in [0, 0.05) is 17.2 Å². The maximum atomic E-state index is 6.06. The van der Waals surface area contributed by atoms with Gasteiger partial charge in [0.2, 0.25) is 0 Å². The molecule has 0 spiro atoms. The summed E-state index contributed by atoms with van der Waals surface area (Å²) in [5.74, 6) is 3.04. The lowest BCUT2D eigenvalue weighted by atomic mass is 10.1. The van der Waals surface area contributed by atoms with Crippen LogP contribution in [-0.2, 0) is 0 Å². The molecule has 0 amide bonds. The molecule has 11 heavy (non-hydrogen) atoms. The molecule has 3 aliphatic carbocycles. The summed E-state index contributed by atoms with van der Waals surface area (Å²) >= 11 is 6.06. The van der Waals surface area contributed by atoms with Crippen LogP contribution in [-0.4, -0.2) is 5.38 Å². The Hall–Kier alpha value is -0.230. The highest BCUT2D eigenvalue weighted by atomic mass is 35.5. The Morgan fingerprint density at radius 1 is 0.909 bits per heavy atom. The van der Waals surface area contributed by atoms with Crippen LogP contribution < -0.4 is 0 Å². The van der Waals surface area contributed by atoms with Crippen molar-refractivity contribution in [2.45, 2.75) is 11.8 Å². The van der Waals surface area contributed by atoms with Crippen molar-refractivity contribution in [3.05, 3.63) is 24.3 Å². The number of halogens is 1. The molecule has 1 unspecified atom stereocenters. The first kappa shape index (κ1) is 6.30. The van der Waals surface area contributed by atoms with Gasteiger partial charge in [-0.3, -0.25) is 0 Å². The second kappa shape index (κ2) is 1.92. The van der Waals surface area contributed by atoms with E-state index >= 15 is 0 Å². The first-order chi connectivity index (χ1) is 5.36. The highest BCUT2D eigenvalue weighted by molar-refractivity contribution is 6.23. The number of hydrogen-bond acceptors (Lipinski definition) is 0. The number of hydrogen-bond donors (Lipinski definition) is 0. The zero-order valence-electron chi connectivity index (χ0n) is 6.28. The zero-order valence-corrected chi connectivity index (χ0v) is 7.04. The molecule has 0 aromatic heterocycles. The predicted octanol–water partition coefficient (Wildman–Crippen LogP) is 2.60. The smallest absolute Gasteiger partial charge is 0.0473 e. The summed E-state index contributed by atoms with van der Waals surface area (Å²) in [5, 5.41) is 0.403. The van der Waals surface area contributed by atoms with Crippen LogP contribution in [0.4, 0.5) is 0 Å². The molecule has 1 heteroatoms. The molecule has 0 saturated heterocycles. The highest BCUT2D eigenvalue weighted by Crippen LogP contribution is 2.51. The van der Waals surface area contributed by atoms with E-state index in [2.05, 4.69) is 24.3 Å². The van der Waals surface area contributed by atoms with Crippen LogP contribution in [0.5, 0.6) is 0 Å². The summed E-state index contributed by atoms with van der Waals surface area (Å²) in [5.41, 5.74) is 0. The fourth-order valence-corrected chi connectivity index (χ4v) is 2.43. The molecule has 0 nitrogen and oxygen atoms in total. The van der Waals surface area contributed by atoms with Crippen molar-refractivity contribution in [1.82, 2.24) is 0 Å². The lowest BCUT2D eigenvalue weighted by Gasteiger charge is -1.90. The molecular weight excluding hydrogens is 156 g/mol. The van der Waals surface area contributed by atoms with Crippen molar-refractivity contribution in [3.8, 4) is 0 Å². The van der Waals surface area contributed by atoms with Crippen LogP contribution >= 0.6 is 11.6 Å². The molecule has 5 atom stereocenters. The molecule has 0 aliphatic heterocycles. The SMILES string of the molecule is ClC1[C@H]2C=C[C@H]3C[C@H]3C=C[C@@H]12. The van der Waals surface area contributed by atoms with Crippen molar-refractivity contribution in [2.75, 3.05) is 0 Å². The fraction of sp³-hybridized carbons (Fsp3) is 0.600.